The van der Waals surface area contributed by atoms with Crippen molar-refractivity contribution in [3.63, 3.8) is 0 Å². The molecule has 0 fully saturated rings. The molecule has 0 radical (unpaired) electrons. The van der Waals surface area contributed by atoms with Gasteiger partial charge < -0.3 is 0 Å². The van der Waals surface area contributed by atoms with E-state index >= 15 is 0 Å². The highest BCUT2D eigenvalue weighted by Crippen LogP contribution is 2.26. The van der Waals surface area contributed by atoms with E-state index < -0.39 is 0 Å². The average Bonchev–Trinajstić information content (AvgIpc) is 2.84. The highest BCUT2D eigenvalue weighted by Gasteiger charge is 2.19. The Morgan fingerprint density at radius 1 is 1.23 bits per heavy atom. The molecule has 2 aromatic heterocycles. The molecule has 3 aromatic rings. The smallest absolute Gasteiger partial charge is 0.298 e. The second-order valence-corrected chi connectivity index (χ2v) is 7.56. The Bertz CT molecular complexity index is 1110. The molecular weight excluding hydrogens is 328 g/mol. The van der Waals surface area contributed by atoms with Crippen LogP contribution in [0.1, 0.15) is 36.7 Å². The quantitative estimate of drug-likeness (QED) is 0.681. The topological polar surface area (TPSA) is 80.7 Å². The summed E-state index contributed by atoms with van der Waals surface area (Å²) in [6, 6.07) is 10.6. The van der Waals surface area contributed by atoms with Crippen molar-refractivity contribution in [1.29, 1.82) is 5.26 Å². The molecule has 26 heavy (non-hydrogen) atoms. The van der Waals surface area contributed by atoms with Gasteiger partial charge in [-0.05, 0) is 29.7 Å². The molecule has 6 nitrogen and oxygen atoms in total. The van der Waals surface area contributed by atoms with E-state index in [0.29, 0.717) is 34.6 Å². The summed E-state index contributed by atoms with van der Waals surface area (Å²) >= 11 is 0. The highest BCUT2D eigenvalue weighted by atomic mass is 16.1. The fourth-order valence-electron chi connectivity index (χ4n) is 2.99. The summed E-state index contributed by atoms with van der Waals surface area (Å²) < 4.78 is 3.24. The lowest BCUT2D eigenvalue weighted by Crippen LogP contribution is -2.27. The summed E-state index contributed by atoms with van der Waals surface area (Å²) in [5.41, 5.74) is 3.17. The zero-order valence-electron chi connectivity index (χ0n) is 15.3. The molecule has 0 aliphatic heterocycles. The number of carbonyl (C=O) groups excluding carboxylic acids is 1. The monoisotopic (exact) mass is 348 g/mol. The van der Waals surface area contributed by atoms with E-state index in [2.05, 4.69) is 31.8 Å². The van der Waals surface area contributed by atoms with Gasteiger partial charge in [-0.15, -0.1) is 0 Å². The standard InChI is InChI=1S/C20H20N4O2/c1-20(2,3)12-24-17-8-7-16(22-18(17)23(4)19(24)26)15-9-13(11-25)5-6-14(15)10-21/h5-9,11H,12H2,1-4H3. The fraction of sp³-hybridized carbons (Fsp3) is 0.300. The summed E-state index contributed by atoms with van der Waals surface area (Å²) in [6.07, 6.45) is 0.735. The first-order valence-corrected chi connectivity index (χ1v) is 8.31. The van der Waals surface area contributed by atoms with Gasteiger partial charge in [0, 0.05) is 24.7 Å². The molecule has 2 heterocycles. The second-order valence-electron chi connectivity index (χ2n) is 7.56. The zero-order chi connectivity index (χ0) is 19.1. The number of rotatable bonds is 3. The van der Waals surface area contributed by atoms with Crippen LogP contribution in [0, 0.1) is 16.7 Å². The maximum Gasteiger partial charge on any atom is 0.330 e. The van der Waals surface area contributed by atoms with E-state index in [1.54, 1.807) is 35.9 Å². The van der Waals surface area contributed by atoms with Crippen molar-refractivity contribution < 1.29 is 4.79 Å². The molecular formula is C20H20N4O2. The van der Waals surface area contributed by atoms with Crippen LogP contribution in [0.4, 0.5) is 0 Å². The zero-order valence-corrected chi connectivity index (χ0v) is 15.3. The van der Waals surface area contributed by atoms with E-state index in [1.165, 1.54) is 4.57 Å². The minimum Gasteiger partial charge on any atom is -0.298 e. The SMILES string of the molecule is Cn1c(=O)n(CC(C)(C)C)c2ccc(-c3cc(C=O)ccc3C#N)nc21. The van der Waals surface area contributed by atoms with Crippen molar-refractivity contribution in [3.05, 3.63) is 51.9 Å². The van der Waals surface area contributed by atoms with Gasteiger partial charge in [0.25, 0.3) is 0 Å². The van der Waals surface area contributed by atoms with Gasteiger partial charge in [-0.2, -0.15) is 5.26 Å². The van der Waals surface area contributed by atoms with Gasteiger partial charge in [-0.3, -0.25) is 13.9 Å². The van der Waals surface area contributed by atoms with Gasteiger partial charge in [0.2, 0.25) is 0 Å². The number of carbonyl (C=O) groups is 1. The molecule has 1 aromatic carbocycles. The van der Waals surface area contributed by atoms with Crippen LogP contribution >= 0.6 is 0 Å². The maximum atomic E-state index is 12.6. The Balaban J connectivity index is 2.24. The predicted octanol–water partition coefficient (Wildman–Crippen LogP) is 3.13. The molecule has 0 saturated heterocycles. The Morgan fingerprint density at radius 3 is 2.58 bits per heavy atom. The number of benzene rings is 1. The first-order valence-electron chi connectivity index (χ1n) is 8.31. The number of pyridine rings is 1. The van der Waals surface area contributed by atoms with Gasteiger partial charge in [0.05, 0.1) is 22.8 Å². The first kappa shape index (κ1) is 17.6. The van der Waals surface area contributed by atoms with Gasteiger partial charge in [0.1, 0.15) is 6.29 Å². The van der Waals surface area contributed by atoms with Crippen LogP contribution in [-0.2, 0) is 13.6 Å². The van der Waals surface area contributed by atoms with Crippen molar-refractivity contribution in [3.8, 4) is 17.3 Å². The lowest BCUT2D eigenvalue weighted by atomic mass is 9.97. The minimum absolute atomic E-state index is 0.0525. The van der Waals surface area contributed by atoms with E-state index in [4.69, 9.17) is 0 Å². The highest BCUT2D eigenvalue weighted by molar-refractivity contribution is 5.82. The summed E-state index contributed by atoms with van der Waals surface area (Å²) in [6.45, 7) is 6.80. The van der Waals surface area contributed by atoms with E-state index in [1.807, 2.05) is 6.07 Å². The van der Waals surface area contributed by atoms with Crippen molar-refractivity contribution in [2.45, 2.75) is 27.3 Å². The number of aldehydes is 1. The molecule has 0 N–H and O–H groups in total. The van der Waals surface area contributed by atoms with Gasteiger partial charge in [-0.1, -0.05) is 26.8 Å². The van der Waals surface area contributed by atoms with E-state index in [-0.39, 0.29) is 11.1 Å². The largest absolute Gasteiger partial charge is 0.330 e. The molecule has 0 unspecified atom stereocenters. The third-order valence-electron chi connectivity index (χ3n) is 4.19. The van der Waals surface area contributed by atoms with Crippen LogP contribution in [0.15, 0.2) is 35.1 Å². The molecule has 0 aliphatic rings. The predicted molar refractivity (Wildman–Crippen MR) is 100.0 cm³/mol. The summed E-state index contributed by atoms with van der Waals surface area (Å²) in [4.78, 5) is 28.3. The lowest BCUT2D eigenvalue weighted by molar-refractivity contribution is 0.112. The summed E-state index contributed by atoms with van der Waals surface area (Å²) in [5.74, 6) is 0. The molecule has 0 saturated carbocycles. The van der Waals surface area contributed by atoms with Crippen LogP contribution in [0.2, 0.25) is 0 Å². The maximum absolute atomic E-state index is 12.6. The Hall–Kier alpha value is -3.20. The van der Waals surface area contributed by atoms with Crippen LogP contribution in [0.25, 0.3) is 22.4 Å². The molecule has 3 rings (SSSR count). The molecule has 0 atom stereocenters. The first-order chi connectivity index (χ1) is 12.2. The number of nitrogens with zero attached hydrogens (tertiary/aromatic N) is 4. The number of hydrogen-bond donors (Lipinski definition) is 0. The van der Waals surface area contributed by atoms with Crippen molar-refractivity contribution >= 4 is 17.5 Å². The third-order valence-corrected chi connectivity index (χ3v) is 4.19. The Labute approximate surface area is 151 Å². The Kier molecular flexibility index (Phi) is 4.25. The lowest BCUT2D eigenvalue weighted by Gasteiger charge is -2.18. The number of fused-ring (bicyclic) bond motifs is 1. The van der Waals surface area contributed by atoms with Crippen LogP contribution in [-0.4, -0.2) is 20.4 Å². The molecule has 0 amide bonds. The summed E-state index contributed by atoms with van der Waals surface area (Å²) in [5, 5.41) is 9.36. The van der Waals surface area contributed by atoms with Crippen LogP contribution < -0.4 is 5.69 Å². The van der Waals surface area contributed by atoms with Crippen molar-refractivity contribution in [1.82, 2.24) is 14.1 Å². The number of aromatic nitrogens is 3. The summed E-state index contributed by atoms with van der Waals surface area (Å²) in [7, 11) is 1.69. The van der Waals surface area contributed by atoms with Gasteiger partial charge in [-0.25, -0.2) is 9.78 Å². The normalized spacial score (nSPS) is 11.5. The number of nitriles is 1. The molecule has 6 heteroatoms. The van der Waals surface area contributed by atoms with Crippen molar-refractivity contribution in [2.24, 2.45) is 12.5 Å². The minimum atomic E-state index is -0.123. The number of hydrogen-bond acceptors (Lipinski definition) is 4. The molecule has 0 spiro atoms. The van der Waals surface area contributed by atoms with E-state index in [9.17, 15) is 14.9 Å². The third kappa shape index (κ3) is 3.04. The van der Waals surface area contributed by atoms with Crippen molar-refractivity contribution in [2.75, 3.05) is 0 Å². The average molecular weight is 348 g/mol. The van der Waals surface area contributed by atoms with Crippen LogP contribution in [0.5, 0.6) is 0 Å². The second kappa shape index (κ2) is 6.26. The number of imidazole rings is 1. The van der Waals surface area contributed by atoms with Gasteiger partial charge in [0.15, 0.2) is 5.65 Å². The number of aryl methyl sites for hydroxylation is 1. The van der Waals surface area contributed by atoms with E-state index in [0.717, 1.165) is 11.8 Å². The van der Waals surface area contributed by atoms with Crippen LogP contribution in [0.3, 0.4) is 0 Å². The van der Waals surface area contributed by atoms with Gasteiger partial charge >= 0.3 is 5.69 Å². The Morgan fingerprint density at radius 2 is 1.96 bits per heavy atom. The molecule has 0 bridgehead atoms. The fourth-order valence-corrected chi connectivity index (χ4v) is 2.99. The molecule has 132 valence electrons. The molecule has 0 aliphatic carbocycles.